The second-order valence-corrected chi connectivity index (χ2v) is 4.71. The minimum atomic E-state index is 0.0612. The number of aromatic nitrogens is 1. The van der Waals surface area contributed by atoms with Crippen molar-refractivity contribution < 1.29 is 9.84 Å². The smallest absolute Gasteiger partial charge is 0.273 e. The standard InChI is InChI=1S/C10H15NO2S/c12-7-9-6-11-10(14-9)13-8-4-2-1-3-5-8/h6,8,12H,1-5,7H2. The maximum absolute atomic E-state index is 8.87. The molecule has 1 saturated carbocycles. The van der Waals surface area contributed by atoms with Gasteiger partial charge in [-0.25, -0.2) is 4.98 Å². The van der Waals surface area contributed by atoms with Crippen LogP contribution >= 0.6 is 11.3 Å². The second kappa shape index (κ2) is 4.75. The lowest BCUT2D eigenvalue weighted by molar-refractivity contribution is 0.154. The number of ether oxygens (including phenoxy) is 1. The molecule has 1 aliphatic carbocycles. The summed E-state index contributed by atoms with van der Waals surface area (Å²) in [4.78, 5) is 4.99. The molecule has 1 fully saturated rings. The van der Waals surface area contributed by atoms with E-state index in [0.29, 0.717) is 11.3 Å². The van der Waals surface area contributed by atoms with Gasteiger partial charge in [-0.15, -0.1) is 0 Å². The van der Waals surface area contributed by atoms with Gasteiger partial charge < -0.3 is 9.84 Å². The molecule has 4 heteroatoms. The van der Waals surface area contributed by atoms with E-state index in [2.05, 4.69) is 4.98 Å². The zero-order valence-corrected chi connectivity index (χ0v) is 8.92. The maximum Gasteiger partial charge on any atom is 0.273 e. The summed E-state index contributed by atoms with van der Waals surface area (Å²) in [6, 6.07) is 0. The number of hydrogen-bond acceptors (Lipinski definition) is 4. The molecule has 1 aromatic rings. The van der Waals surface area contributed by atoms with Crippen molar-refractivity contribution >= 4 is 11.3 Å². The van der Waals surface area contributed by atoms with Gasteiger partial charge >= 0.3 is 0 Å². The third-order valence-electron chi connectivity index (χ3n) is 2.51. The summed E-state index contributed by atoms with van der Waals surface area (Å²) in [5, 5.41) is 9.58. The Kier molecular flexibility index (Phi) is 3.37. The highest BCUT2D eigenvalue weighted by atomic mass is 32.1. The third kappa shape index (κ3) is 2.45. The van der Waals surface area contributed by atoms with Gasteiger partial charge in [0.05, 0.1) is 11.5 Å². The molecule has 78 valence electrons. The van der Waals surface area contributed by atoms with Gasteiger partial charge in [-0.1, -0.05) is 17.8 Å². The van der Waals surface area contributed by atoms with Crippen LogP contribution in [-0.4, -0.2) is 16.2 Å². The Labute approximate surface area is 87.7 Å². The molecule has 1 aliphatic rings. The van der Waals surface area contributed by atoms with Gasteiger partial charge in [-0.2, -0.15) is 0 Å². The molecule has 0 aromatic carbocycles. The quantitative estimate of drug-likeness (QED) is 0.838. The minimum absolute atomic E-state index is 0.0612. The van der Waals surface area contributed by atoms with Crippen LogP contribution in [0.2, 0.25) is 0 Å². The second-order valence-electron chi connectivity index (χ2n) is 3.63. The van der Waals surface area contributed by atoms with E-state index >= 15 is 0 Å². The van der Waals surface area contributed by atoms with Crippen molar-refractivity contribution in [2.75, 3.05) is 0 Å². The summed E-state index contributed by atoms with van der Waals surface area (Å²) < 4.78 is 5.73. The number of thiazole rings is 1. The molecule has 0 unspecified atom stereocenters. The Bertz CT molecular complexity index is 281. The summed E-state index contributed by atoms with van der Waals surface area (Å²) in [6.45, 7) is 0.0612. The van der Waals surface area contributed by atoms with Gasteiger partial charge in [-0.3, -0.25) is 0 Å². The van der Waals surface area contributed by atoms with E-state index in [0.717, 1.165) is 17.7 Å². The fourth-order valence-corrected chi connectivity index (χ4v) is 2.43. The van der Waals surface area contributed by atoms with Crippen LogP contribution < -0.4 is 4.74 Å². The molecule has 0 radical (unpaired) electrons. The van der Waals surface area contributed by atoms with Gasteiger partial charge in [0.1, 0.15) is 6.10 Å². The normalized spacial score (nSPS) is 18.4. The number of nitrogens with zero attached hydrogens (tertiary/aromatic N) is 1. The van der Waals surface area contributed by atoms with Crippen molar-refractivity contribution in [2.24, 2.45) is 0 Å². The summed E-state index contributed by atoms with van der Waals surface area (Å²) in [7, 11) is 0. The van der Waals surface area contributed by atoms with E-state index in [9.17, 15) is 0 Å². The summed E-state index contributed by atoms with van der Waals surface area (Å²) >= 11 is 1.44. The number of hydrogen-bond donors (Lipinski definition) is 1. The first-order chi connectivity index (χ1) is 6.88. The van der Waals surface area contributed by atoms with Gasteiger partial charge in [-0.05, 0) is 25.7 Å². The van der Waals surface area contributed by atoms with Crippen LogP contribution in [0.4, 0.5) is 0 Å². The van der Waals surface area contributed by atoms with Crippen LogP contribution in [0.25, 0.3) is 0 Å². The molecule has 0 amide bonds. The van der Waals surface area contributed by atoms with E-state index in [-0.39, 0.29) is 6.61 Å². The van der Waals surface area contributed by atoms with E-state index < -0.39 is 0 Å². The zero-order valence-electron chi connectivity index (χ0n) is 8.11. The highest BCUT2D eigenvalue weighted by Crippen LogP contribution is 2.26. The van der Waals surface area contributed by atoms with Crippen LogP contribution in [0.3, 0.4) is 0 Å². The third-order valence-corrected chi connectivity index (χ3v) is 3.38. The SMILES string of the molecule is OCc1cnc(OC2CCCCC2)s1. The number of rotatable bonds is 3. The topological polar surface area (TPSA) is 42.4 Å². The fraction of sp³-hybridized carbons (Fsp3) is 0.700. The largest absolute Gasteiger partial charge is 0.467 e. The molecule has 0 aliphatic heterocycles. The highest BCUT2D eigenvalue weighted by molar-refractivity contribution is 7.13. The van der Waals surface area contributed by atoms with Crippen LogP contribution in [-0.2, 0) is 6.61 Å². The van der Waals surface area contributed by atoms with E-state index in [1.54, 1.807) is 6.20 Å². The molecule has 1 heterocycles. The molecule has 14 heavy (non-hydrogen) atoms. The molecule has 0 spiro atoms. The van der Waals surface area contributed by atoms with Crippen molar-refractivity contribution in [1.82, 2.24) is 4.98 Å². The summed E-state index contributed by atoms with van der Waals surface area (Å²) in [5.74, 6) is 0. The van der Waals surface area contributed by atoms with Gasteiger partial charge in [0.2, 0.25) is 0 Å². The van der Waals surface area contributed by atoms with Crippen LogP contribution in [0.15, 0.2) is 6.20 Å². The van der Waals surface area contributed by atoms with Crippen molar-refractivity contribution in [3.63, 3.8) is 0 Å². The average Bonchev–Trinajstić information content (AvgIpc) is 2.67. The molecule has 0 bridgehead atoms. The first kappa shape index (κ1) is 9.93. The molecule has 2 rings (SSSR count). The van der Waals surface area contributed by atoms with Gasteiger partial charge in [0.15, 0.2) is 0 Å². The molecular formula is C10H15NO2S. The predicted octanol–water partition coefficient (Wildman–Crippen LogP) is 2.35. The van der Waals surface area contributed by atoms with E-state index in [1.165, 1.54) is 30.6 Å². The predicted molar refractivity (Wildman–Crippen MR) is 55.5 cm³/mol. The van der Waals surface area contributed by atoms with E-state index in [1.807, 2.05) is 0 Å². The highest BCUT2D eigenvalue weighted by Gasteiger charge is 2.16. The molecule has 1 aromatic heterocycles. The summed E-state index contributed by atoms with van der Waals surface area (Å²) in [6.07, 6.45) is 8.19. The monoisotopic (exact) mass is 213 g/mol. The van der Waals surface area contributed by atoms with Crippen LogP contribution in [0.5, 0.6) is 5.19 Å². The van der Waals surface area contributed by atoms with E-state index in [4.69, 9.17) is 9.84 Å². The molecule has 3 nitrogen and oxygen atoms in total. The Morgan fingerprint density at radius 2 is 2.21 bits per heavy atom. The van der Waals surface area contributed by atoms with Crippen LogP contribution in [0.1, 0.15) is 37.0 Å². The Hall–Kier alpha value is -0.610. The van der Waals surface area contributed by atoms with Crippen molar-refractivity contribution in [3.05, 3.63) is 11.1 Å². The van der Waals surface area contributed by atoms with Gasteiger partial charge in [0.25, 0.3) is 5.19 Å². The number of aliphatic hydroxyl groups excluding tert-OH is 1. The van der Waals surface area contributed by atoms with Crippen molar-refractivity contribution in [3.8, 4) is 5.19 Å². The Morgan fingerprint density at radius 1 is 1.43 bits per heavy atom. The Morgan fingerprint density at radius 3 is 2.86 bits per heavy atom. The number of aliphatic hydroxyl groups is 1. The lowest BCUT2D eigenvalue weighted by Gasteiger charge is -2.21. The lowest BCUT2D eigenvalue weighted by atomic mass is 9.98. The first-order valence-electron chi connectivity index (χ1n) is 5.10. The fourth-order valence-electron chi connectivity index (χ4n) is 1.74. The minimum Gasteiger partial charge on any atom is -0.467 e. The molecular weight excluding hydrogens is 198 g/mol. The Balaban J connectivity index is 1.89. The molecule has 0 saturated heterocycles. The first-order valence-corrected chi connectivity index (χ1v) is 5.92. The molecule has 1 N–H and O–H groups in total. The lowest BCUT2D eigenvalue weighted by Crippen LogP contribution is -2.19. The summed E-state index contributed by atoms with van der Waals surface area (Å²) in [5.41, 5.74) is 0. The van der Waals surface area contributed by atoms with Gasteiger partial charge in [0, 0.05) is 6.20 Å². The van der Waals surface area contributed by atoms with Crippen LogP contribution in [0, 0.1) is 0 Å². The van der Waals surface area contributed by atoms with Crippen molar-refractivity contribution in [2.45, 2.75) is 44.8 Å². The van der Waals surface area contributed by atoms with Crippen molar-refractivity contribution in [1.29, 1.82) is 0 Å². The molecule has 0 atom stereocenters. The zero-order chi connectivity index (χ0) is 9.80. The average molecular weight is 213 g/mol. The maximum atomic E-state index is 8.87.